The van der Waals surface area contributed by atoms with E-state index in [1.807, 2.05) is 31.2 Å². The Bertz CT molecular complexity index is 1350. The van der Waals surface area contributed by atoms with E-state index in [-0.39, 0.29) is 17.9 Å². The van der Waals surface area contributed by atoms with E-state index in [1.54, 1.807) is 43.3 Å². The lowest BCUT2D eigenvalue weighted by molar-refractivity contribution is -0.122. The molecule has 8 heteroatoms. The van der Waals surface area contributed by atoms with Crippen LogP contribution in [0.4, 0.5) is 10.5 Å². The fourth-order valence-corrected chi connectivity index (χ4v) is 3.95. The van der Waals surface area contributed by atoms with E-state index in [4.69, 9.17) is 27.9 Å². The Labute approximate surface area is 206 Å². The number of nitrogens with zero attached hydrogens (tertiary/aromatic N) is 1. The third kappa shape index (κ3) is 4.83. The van der Waals surface area contributed by atoms with Crippen LogP contribution in [0.15, 0.2) is 66.2 Å². The lowest BCUT2D eigenvalue weighted by Crippen LogP contribution is -2.54. The molecule has 6 nitrogen and oxygen atoms in total. The second-order valence-electron chi connectivity index (χ2n) is 7.80. The van der Waals surface area contributed by atoms with Gasteiger partial charge in [-0.3, -0.25) is 14.9 Å². The van der Waals surface area contributed by atoms with Crippen molar-refractivity contribution in [2.24, 2.45) is 0 Å². The third-order valence-electron chi connectivity index (χ3n) is 5.33. The number of halogens is 2. The lowest BCUT2D eigenvalue weighted by atomic mass is 10.0. The summed E-state index contributed by atoms with van der Waals surface area (Å²) in [6.07, 6.45) is 1.37. The van der Waals surface area contributed by atoms with Crippen molar-refractivity contribution in [3.05, 3.63) is 98.5 Å². The molecule has 34 heavy (non-hydrogen) atoms. The van der Waals surface area contributed by atoms with Gasteiger partial charge in [0.25, 0.3) is 11.8 Å². The van der Waals surface area contributed by atoms with Crippen LogP contribution in [0.25, 0.3) is 6.08 Å². The first-order chi connectivity index (χ1) is 16.2. The molecule has 1 saturated heterocycles. The quantitative estimate of drug-likeness (QED) is 0.356. The van der Waals surface area contributed by atoms with Gasteiger partial charge >= 0.3 is 6.03 Å². The van der Waals surface area contributed by atoms with Crippen molar-refractivity contribution < 1.29 is 19.1 Å². The predicted octanol–water partition coefficient (Wildman–Crippen LogP) is 5.86. The van der Waals surface area contributed by atoms with Crippen molar-refractivity contribution in [1.82, 2.24) is 5.32 Å². The Kier molecular flexibility index (Phi) is 6.72. The van der Waals surface area contributed by atoms with Gasteiger partial charge in [0.2, 0.25) is 0 Å². The van der Waals surface area contributed by atoms with E-state index >= 15 is 0 Å². The fraction of sp³-hybridized carbons (Fsp3) is 0.115. The fourth-order valence-electron chi connectivity index (χ4n) is 3.60. The molecule has 0 spiro atoms. The average Bonchev–Trinajstić information content (AvgIpc) is 2.79. The van der Waals surface area contributed by atoms with Gasteiger partial charge in [0, 0.05) is 15.6 Å². The number of imide groups is 2. The maximum absolute atomic E-state index is 13.3. The summed E-state index contributed by atoms with van der Waals surface area (Å²) in [4.78, 5) is 39.3. The van der Waals surface area contributed by atoms with Crippen LogP contribution in [-0.2, 0) is 16.2 Å². The number of rotatable bonds is 5. The highest BCUT2D eigenvalue weighted by atomic mass is 35.5. The highest BCUT2D eigenvalue weighted by molar-refractivity contribution is 6.40. The molecule has 0 unspecified atom stereocenters. The van der Waals surface area contributed by atoms with Crippen molar-refractivity contribution >= 4 is 52.8 Å². The van der Waals surface area contributed by atoms with E-state index in [2.05, 4.69) is 5.32 Å². The number of carbonyl (C=O) groups is 3. The van der Waals surface area contributed by atoms with Crippen LogP contribution in [0, 0.1) is 13.8 Å². The monoisotopic (exact) mass is 494 g/mol. The standard InChI is InChI=1S/C26H20Cl2N2O4/c1-15-5-3-6-17(11-15)14-34-23-10-9-19(27)12-18(23)13-20-24(31)29-26(33)30(25(20)32)22-8-4-7-21(28)16(22)2/h3-13H,14H2,1-2H3,(H,29,31,33)/b20-13+. The van der Waals surface area contributed by atoms with Gasteiger partial charge in [0.1, 0.15) is 17.9 Å². The molecule has 172 valence electrons. The summed E-state index contributed by atoms with van der Waals surface area (Å²) in [7, 11) is 0. The Morgan fingerprint density at radius 3 is 2.50 bits per heavy atom. The van der Waals surface area contributed by atoms with Gasteiger partial charge in [0.05, 0.1) is 5.69 Å². The number of nitrogens with one attached hydrogen (secondary N) is 1. The summed E-state index contributed by atoms with van der Waals surface area (Å²) in [5.41, 5.74) is 3.08. The molecule has 1 heterocycles. The van der Waals surface area contributed by atoms with Crippen molar-refractivity contribution in [3.63, 3.8) is 0 Å². The molecule has 3 aromatic carbocycles. The Morgan fingerprint density at radius 1 is 0.971 bits per heavy atom. The first-order valence-corrected chi connectivity index (χ1v) is 11.1. The molecule has 0 atom stereocenters. The van der Waals surface area contributed by atoms with Crippen LogP contribution < -0.4 is 15.0 Å². The van der Waals surface area contributed by atoms with Gasteiger partial charge in [-0.1, -0.05) is 59.1 Å². The molecule has 0 aliphatic carbocycles. The normalized spacial score (nSPS) is 15.0. The Morgan fingerprint density at radius 2 is 1.74 bits per heavy atom. The third-order valence-corrected chi connectivity index (χ3v) is 5.97. The zero-order valence-electron chi connectivity index (χ0n) is 18.4. The summed E-state index contributed by atoms with van der Waals surface area (Å²) in [5.74, 6) is -1.15. The molecular formula is C26H20Cl2N2O4. The molecule has 0 bridgehead atoms. The molecule has 1 aliphatic rings. The molecule has 1 N–H and O–H groups in total. The summed E-state index contributed by atoms with van der Waals surface area (Å²) < 4.78 is 5.97. The summed E-state index contributed by atoms with van der Waals surface area (Å²) in [6.45, 7) is 3.96. The van der Waals surface area contributed by atoms with Gasteiger partial charge in [-0.2, -0.15) is 0 Å². The maximum atomic E-state index is 13.3. The first-order valence-electron chi connectivity index (χ1n) is 10.4. The van der Waals surface area contributed by atoms with E-state index < -0.39 is 17.8 Å². The predicted molar refractivity (Wildman–Crippen MR) is 132 cm³/mol. The number of hydrogen-bond donors (Lipinski definition) is 1. The van der Waals surface area contributed by atoms with Gasteiger partial charge < -0.3 is 4.74 Å². The Balaban J connectivity index is 1.70. The van der Waals surface area contributed by atoms with Crippen LogP contribution in [0.3, 0.4) is 0 Å². The van der Waals surface area contributed by atoms with Crippen molar-refractivity contribution in [2.75, 3.05) is 4.90 Å². The van der Waals surface area contributed by atoms with Gasteiger partial charge in [-0.25, -0.2) is 9.69 Å². The molecule has 0 saturated carbocycles. The van der Waals surface area contributed by atoms with Crippen molar-refractivity contribution in [3.8, 4) is 5.75 Å². The average molecular weight is 495 g/mol. The minimum absolute atomic E-state index is 0.235. The number of hydrogen-bond acceptors (Lipinski definition) is 4. The van der Waals surface area contributed by atoms with Crippen LogP contribution in [0.1, 0.15) is 22.3 Å². The minimum Gasteiger partial charge on any atom is -0.488 e. The van der Waals surface area contributed by atoms with Crippen molar-refractivity contribution in [2.45, 2.75) is 20.5 Å². The van der Waals surface area contributed by atoms with E-state index in [9.17, 15) is 14.4 Å². The summed E-state index contributed by atoms with van der Waals surface area (Å²) >= 11 is 12.4. The topological polar surface area (TPSA) is 75.7 Å². The van der Waals surface area contributed by atoms with Gasteiger partial charge in [-0.15, -0.1) is 0 Å². The molecule has 0 radical (unpaired) electrons. The highest BCUT2D eigenvalue weighted by Gasteiger charge is 2.37. The zero-order valence-corrected chi connectivity index (χ0v) is 19.9. The second-order valence-corrected chi connectivity index (χ2v) is 8.65. The summed E-state index contributed by atoms with van der Waals surface area (Å²) in [6, 6.07) is 16.8. The number of ether oxygens (including phenoxy) is 1. The number of benzene rings is 3. The minimum atomic E-state index is -0.848. The number of carbonyl (C=O) groups excluding carboxylic acids is 3. The maximum Gasteiger partial charge on any atom is 0.335 e. The lowest BCUT2D eigenvalue weighted by Gasteiger charge is -2.27. The number of barbiturate groups is 1. The molecular weight excluding hydrogens is 475 g/mol. The van der Waals surface area contributed by atoms with E-state index in [0.29, 0.717) is 26.9 Å². The second kappa shape index (κ2) is 9.71. The van der Waals surface area contributed by atoms with Gasteiger partial charge in [-0.05, 0) is 61.4 Å². The largest absolute Gasteiger partial charge is 0.488 e. The van der Waals surface area contributed by atoms with Gasteiger partial charge in [0.15, 0.2) is 0 Å². The highest BCUT2D eigenvalue weighted by Crippen LogP contribution is 2.31. The van der Waals surface area contributed by atoms with Crippen LogP contribution in [0.2, 0.25) is 10.0 Å². The molecule has 3 aromatic rings. The molecule has 1 fully saturated rings. The summed E-state index contributed by atoms with van der Waals surface area (Å²) in [5, 5.41) is 3.01. The smallest absolute Gasteiger partial charge is 0.335 e. The number of amides is 4. The molecule has 1 aliphatic heterocycles. The van der Waals surface area contributed by atoms with E-state index in [0.717, 1.165) is 16.0 Å². The SMILES string of the molecule is Cc1cccc(COc2ccc(Cl)cc2/C=C2\C(=O)NC(=O)N(c3cccc(Cl)c3C)C2=O)c1. The molecule has 4 amide bonds. The molecule has 0 aromatic heterocycles. The molecule has 4 rings (SSSR count). The first kappa shape index (κ1) is 23.5. The number of anilines is 1. The van der Waals surface area contributed by atoms with E-state index in [1.165, 1.54) is 6.08 Å². The van der Waals surface area contributed by atoms with Crippen LogP contribution in [-0.4, -0.2) is 17.8 Å². The van der Waals surface area contributed by atoms with Crippen LogP contribution >= 0.6 is 23.2 Å². The zero-order chi connectivity index (χ0) is 24.4. The Hall–Kier alpha value is -3.61. The number of aryl methyl sites for hydroxylation is 1. The number of urea groups is 1. The van der Waals surface area contributed by atoms with Crippen LogP contribution in [0.5, 0.6) is 5.75 Å². The van der Waals surface area contributed by atoms with Crippen molar-refractivity contribution in [1.29, 1.82) is 0 Å².